The molecule has 25 heavy (non-hydrogen) atoms. The molecule has 0 heterocycles. The second kappa shape index (κ2) is 8.15. The van der Waals surface area contributed by atoms with E-state index in [2.05, 4.69) is 12.1 Å². The summed E-state index contributed by atoms with van der Waals surface area (Å²) in [5.74, 6) is 0.889. The Balaban J connectivity index is 1.71. The number of ether oxygens (including phenoxy) is 2. The highest BCUT2D eigenvalue weighted by Gasteiger charge is 2.13. The van der Waals surface area contributed by atoms with E-state index in [-0.39, 0.29) is 5.97 Å². The zero-order valence-corrected chi connectivity index (χ0v) is 14.1. The molecule has 0 N–H and O–H groups in total. The molecule has 0 aliphatic heterocycles. The van der Waals surface area contributed by atoms with E-state index >= 15 is 0 Å². The van der Waals surface area contributed by atoms with Gasteiger partial charge in [-0.1, -0.05) is 48.5 Å². The van der Waals surface area contributed by atoms with Crippen LogP contribution >= 0.6 is 0 Å². The van der Waals surface area contributed by atoms with Crippen LogP contribution in [0.15, 0.2) is 78.9 Å². The van der Waals surface area contributed by atoms with Crippen molar-refractivity contribution < 1.29 is 14.3 Å². The van der Waals surface area contributed by atoms with Crippen LogP contribution in [-0.4, -0.2) is 13.1 Å². The van der Waals surface area contributed by atoms with Crippen molar-refractivity contribution in [3.8, 4) is 11.5 Å². The SMILES string of the molecule is COc1ccc(OC(=O)c2ccccc2CCc2ccccc2)cc1. The van der Waals surface area contributed by atoms with Gasteiger partial charge in [0, 0.05) is 0 Å². The normalized spacial score (nSPS) is 10.3. The van der Waals surface area contributed by atoms with E-state index in [0.717, 1.165) is 24.2 Å². The molecule has 0 fully saturated rings. The summed E-state index contributed by atoms with van der Waals surface area (Å²) in [7, 11) is 1.60. The lowest BCUT2D eigenvalue weighted by molar-refractivity contribution is 0.0733. The maximum absolute atomic E-state index is 12.5. The molecule has 0 atom stereocenters. The maximum atomic E-state index is 12.5. The second-order valence-corrected chi connectivity index (χ2v) is 5.71. The third-order valence-corrected chi connectivity index (χ3v) is 4.03. The molecule has 3 nitrogen and oxygen atoms in total. The molecule has 0 aliphatic rings. The van der Waals surface area contributed by atoms with Crippen LogP contribution in [0, 0.1) is 0 Å². The number of esters is 1. The minimum atomic E-state index is -0.339. The zero-order chi connectivity index (χ0) is 17.5. The number of hydrogen-bond acceptors (Lipinski definition) is 3. The Hall–Kier alpha value is -3.07. The summed E-state index contributed by atoms with van der Waals surface area (Å²) in [5, 5.41) is 0. The summed E-state index contributed by atoms with van der Waals surface area (Å²) in [6.45, 7) is 0. The molecule has 0 saturated carbocycles. The highest BCUT2D eigenvalue weighted by atomic mass is 16.5. The molecule has 0 aromatic heterocycles. The van der Waals surface area contributed by atoms with E-state index in [1.165, 1.54) is 5.56 Å². The van der Waals surface area contributed by atoms with E-state index < -0.39 is 0 Å². The number of hydrogen-bond donors (Lipinski definition) is 0. The highest BCUT2D eigenvalue weighted by molar-refractivity contribution is 5.92. The van der Waals surface area contributed by atoms with Crippen molar-refractivity contribution in [1.29, 1.82) is 0 Å². The second-order valence-electron chi connectivity index (χ2n) is 5.71. The van der Waals surface area contributed by atoms with Gasteiger partial charge in [-0.25, -0.2) is 4.79 Å². The largest absolute Gasteiger partial charge is 0.497 e. The smallest absolute Gasteiger partial charge is 0.343 e. The average molecular weight is 332 g/mol. The molecule has 0 spiro atoms. The molecule has 0 bridgehead atoms. The molecule has 3 aromatic carbocycles. The quantitative estimate of drug-likeness (QED) is 0.485. The van der Waals surface area contributed by atoms with E-state index in [1.807, 2.05) is 42.5 Å². The van der Waals surface area contributed by atoms with Crippen LogP contribution < -0.4 is 9.47 Å². The zero-order valence-electron chi connectivity index (χ0n) is 14.1. The number of aryl methyl sites for hydroxylation is 2. The Morgan fingerprint density at radius 1 is 0.760 bits per heavy atom. The number of carbonyl (C=O) groups is 1. The molecule has 3 heteroatoms. The van der Waals surface area contributed by atoms with Gasteiger partial charge < -0.3 is 9.47 Å². The molecule has 0 aliphatic carbocycles. The summed E-state index contributed by atoms with van der Waals surface area (Å²) in [5.41, 5.74) is 2.85. The first-order valence-electron chi connectivity index (χ1n) is 8.24. The maximum Gasteiger partial charge on any atom is 0.343 e. The van der Waals surface area contributed by atoms with Gasteiger partial charge in [0.1, 0.15) is 11.5 Å². The first-order chi connectivity index (χ1) is 12.3. The van der Waals surface area contributed by atoms with Crippen LogP contribution in [0.5, 0.6) is 11.5 Å². The third-order valence-electron chi connectivity index (χ3n) is 4.03. The Morgan fingerprint density at radius 3 is 2.12 bits per heavy atom. The van der Waals surface area contributed by atoms with Crippen molar-refractivity contribution in [3.63, 3.8) is 0 Å². The van der Waals surface area contributed by atoms with Gasteiger partial charge in [0.25, 0.3) is 0 Å². The minimum Gasteiger partial charge on any atom is -0.497 e. The summed E-state index contributed by atoms with van der Waals surface area (Å²) in [6, 6.07) is 24.8. The monoisotopic (exact) mass is 332 g/mol. The summed E-state index contributed by atoms with van der Waals surface area (Å²) in [6.07, 6.45) is 1.67. The molecular formula is C22H20O3. The Morgan fingerprint density at radius 2 is 1.40 bits per heavy atom. The van der Waals surface area contributed by atoms with Gasteiger partial charge in [-0.3, -0.25) is 0 Å². The van der Waals surface area contributed by atoms with Crippen LogP contribution in [0.2, 0.25) is 0 Å². The van der Waals surface area contributed by atoms with Gasteiger partial charge in [-0.2, -0.15) is 0 Å². The standard InChI is InChI=1S/C22H20O3/c1-24-19-13-15-20(16-14-19)25-22(23)21-10-6-5-9-18(21)12-11-17-7-3-2-4-8-17/h2-10,13-16H,11-12H2,1H3. The number of rotatable bonds is 6. The van der Waals surface area contributed by atoms with E-state index in [4.69, 9.17) is 9.47 Å². The van der Waals surface area contributed by atoms with Crippen LogP contribution in [0.3, 0.4) is 0 Å². The predicted octanol–water partition coefficient (Wildman–Crippen LogP) is 4.70. The lowest BCUT2D eigenvalue weighted by Crippen LogP contribution is -2.11. The molecule has 0 saturated heterocycles. The number of methoxy groups -OCH3 is 1. The molecule has 0 radical (unpaired) electrons. The van der Waals surface area contributed by atoms with Crippen LogP contribution in [0.4, 0.5) is 0 Å². The lowest BCUT2D eigenvalue weighted by atomic mass is 10.00. The van der Waals surface area contributed by atoms with Gasteiger partial charge in [0.15, 0.2) is 0 Å². The van der Waals surface area contributed by atoms with Gasteiger partial charge in [-0.05, 0) is 54.3 Å². The summed E-state index contributed by atoms with van der Waals surface area (Å²) in [4.78, 5) is 12.5. The molecule has 0 unspecified atom stereocenters. The van der Waals surface area contributed by atoms with Crippen molar-refractivity contribution in [2.75, 3.05) is 7.11 Å². The fourth-order valence-corrected chi connectivity index (χ4v) is 2.67. The molecule has 3 aromatic rings. The van der Waals surface area contributed by atoms with Crippen molar-refractivity contribution in [2.24, 2.45) is 0 Å². The van der Waals surface area contributed by atoms with Gasteiger partial charge in [0.05, 0.1) is 12.7 Å². The lowest BCUT2D eigenvalue weighted by Gasteiger charge is -2.10. The van der Waals surface area contributed by atoms with Crippen LogP contribution in [-0.2, 0) is 12.8 Å². The van der Waals surface area contributed by atoms with E-state index in [9.17, 15) is 4.79 Å². The first-order valence-corrected chi connectivity index (χ1v) is 8.24. The Labute approximate surface area is 147 Å². The fourth-order valence-electron chi connectivity index (χ4n) is 2.67. The highest BCUT2D eigenvalue weighted by Crippen LogP contribution is 2.20. The molecule has 0 amide bonds. The fraction of sp³-hybridized carbons (Fsp3) is 0.136. The van der Waals surface area contributed by atoms with Crippen LogP contribution in [0.25, 0.3) is 0 Å². The molecule has 126 valence electrons. The van der Waals surface area contributed by atoms with Crippen molar-refractivity contribution in [3.05, 3.63) is 95.6 Å². The van der Waals surface area contributed by atoms with Gasteiger partial charge in [-0.15, -0.1) is 0 Å². The minimum absolute atomic E-state index is 0.339. The number of carbonyl (C=O) groups excluding carboxylic acids is 1. The van der Waals surface area contributed by atoms with Gasteiger partial charge >= 0.3 is 5.97 Å². The number of benzene rings is 3. The Bertz CT molecular complexity index is 823. The van der Waals surface area contributed by atoms with Crippen molar-refractivity contribution in [2.45, 2.75) is 12.8 Å². The van der Waals surface area contributed by atoms with Crippen LogP contribution in [0.1, 0.15) is 21.5 Å². The average Bonchev–Trinajstić information content (AvgIpc) is 2.68. The summed E-state index contributed by atoms with van der Waals surface area (Å²) >= 11 is 0. The topological polar surface area (TPSA) is 35.5 Å². The van der Waals surface area contributed by atoms with E-state index in [1.54, 1.807) is 31.4 Å². The molecule has 3 rings (SSSR count). The van der Waals surface area contributed by atoms with Crippen molar-refractivity contribution in [1.82, 2.24) is 0 Å². The third kappa shape index (κ3) is 4.48. The summed E-state index contributed by atoms with van der Waals surface area (Å²) < 4.78 is 10.6. The van der Waals surface area contributed by atoms with Crippen molar-refractivity contribution >= 4 is 5.97 Å². The molecular weight excluding hydrogens is 312 g/mol. The predicted molar refractivity (Wildman–Crippen MR) is 98.2 cm³/mol. The van der Waals surface area contributed by atoms with Gasteiger partial charge in [0.2, 0.25) is 0 Å². The van der Waals surface area contributed by atoms with E-state index in [0.29, 0.717) is 11.3 Å². The Kier molecular flexibility index (Phi) is 5.47. The first kappa shape index (κ1) is 16.8.